The second-order valence-corrected chi connectivity index (χ2v) is 7.64. The number of rotatable bonds is 10. The summed E-state index contributed by atoms with van der Waals surface area (Å²) < 4.78 is 2.26. The summed E-state index contributed by atoms with van der Waals surface area (Å²) in [7, 11) is 0. The fourth-order valence-electron chi connectivity index (χ4n) is 3.86. The molecular formula is C24H27NO4. The van der Waals surface area contributed by atoms with E-state index in [0.717, 1.165) is 60.5 Å². The Morgan fingerprint density at radius 2 is 1.24 bits per heavy atom. The number of carbonyl (C=O) groups excluding carboxylic acids is 2. The van der Waals surface area contributed by atoms with Crippen LogP contribution in [0.1, 0.15) is 73.1 Å². The van der Waals surface area contributed by atoms with Gasteiger partial charge in [0.15, 0.2) is 11.6 Å². The molecule has 0 bridgehead atoms. The van der Waals surface area contributed by atoms with Crippen LogP contribution in [-0.2, 0) is 11.3 Å². The predicted octanol–water partition coefficient (Wildman–Crippen LogP) is 5.62. The number of carbonyl (C=O) groups is 3. The number of unbranched alkanes of at least 4 members (excludes halogenated alkanes) is 4. The Morgan fingerprint density at radius 3 is 1.72 bits per heavy atom. The Balaban J connectivity index is 1.86. The lowest BCUT2D eigenvalue weighted by molar-refractivity contribution is -0.137. The molecule has 2 aromatic carbocycles. The first-order chi connectivity index (χ1) is 13.9. The highest BCUT2D eigenvalue weighted by Gasteiger charge is 2.14. The number of aliphatic carboxylic acids is 1. The maximum atomic E-state index is 11.8. The van der Waals surface area contributed by atoms with Crippen molar-refractivity contribution in [1.29, 1.82) is 0 Å². The van der Waals surface area contributed by atoms with E-state index in [2.05, 4.69) is 4.57 Å². The standard InChI is InChI=1S/C24H27NO4/c1-16(26)18-9-11-22-20(14-18)21-15-19(17(2)27)10-12-23(21)25(22)13-7-5-3-4-6-8-24(28)29/h9-12,14-15H,3-8,13H2,1-2H3,(H,28,29). The molecule has 29 heavy (non-hydrogen) atoms. The van der Waals surface area contributed by atoms with Gasteiger partial charge in [0.05, 0.1) is 0 Å². The topological polar surface area (TPSA) is 76.4 Å². The van der Waals surface area contributed by atoms with Gasteiger partial charge in [0, 0.05) is 45.9 Å². The van der Waals surface area contributed by atoms with Crippen molar-refractivity contribution < 1.29 is 19.5 Å². The van der Waals surface area contributed by atoms with Gasteiger partial charge in [-0.2, -0.15) is 0 Å². The molecule has 0 atom stereocenters. The minimum Gasteiger partial charge on any atom is -0.481 e. The van der Waals surface area contributed by atoms with Gasteiger partial charge in [-0.3, -0.25) is 14.4 Å². The number of fused-ring (bicyclic) bond motifs is 3. The minimum atomic E-state index is -0.731. The highest BCUT2D eigenvalue weighted by Crippen LogP contribution is 2.31. The number of aromatic nitrogens is 1. The van der Waals surface area contributed by atoms with Crippen molar-refractivity contribution in [1.82, 2.24) is 4.57 Å². The van der Waals surface area contributed by atoms with Crippen molar-refractivity contribution in [2.75, 3.05) is 0 Å². The van der Waals surface area contributed by atoms with E-state index in [1.54, 1.807) is 13.8 Å². The summed E-state index contributed by atoms with van der Waals surface area (Å²) in [5.74, 6) is -0.682. The van der Waals surface area contributed by atoms with E-state index in [1.807, 2.05) is 36.4 Å². The summed E-state index contributed by atoms with van der Waals surface area (Å²) in [5, 5.41) is 10.7. The summed E-state index contributed by atoms with van der Waals surface area (Å²) in [6.07, 6.45) is 4.96. The number of carboxylic acids is 1. The first kappa shape index (κ1) is 20.8. The zero-order valence-corrected chi connectivity index (χ0v) is 17.0. The Kier molecular flexibility index (Phi) is 6.47. The smallest absolute Gasteiger partial charge is 0.303 e. The van der Waals surface area contributed by atoms with Crippen LogP contribution in [0.2, 0.25) is 0 Å². The van der Waals surface area contributed by atoms with E-state index < -0.39 is 5.97 Å². The maximum Gasteiger partial charge on any atom is 0.303 e. The molecule has 0 saturated heterocycles. The molecule has 5 nitrogen and oxygen atoms in total. The number of aryl methyl sites for hydroxylation is 1. The molecule has 0 saturated carbocycles. The van der Waals surface area contributed by atoms with E-state index in [4.69, 9.17) is 5.11 Å². The molecule has 0 radical (unpaired) electrons. The maximum absolute atomic E-state index is 11.8. The number of nitrogens with zero attached hydrogens (tertiary/aromatic N) is 1. The summed E-state index contributed by atoms with van der Waals surface area (Å²) in [4.78, 5) is 34.3. The van der Waals surface area contributed by atoms with Gasteiger partial charge < -0.3 is 9.67 Å². The first-order valence-electron chi connectivity index (χ1n) is 10.2. The summed E-state index contributed by atoms with van der Waals surface area (Å²) in [6.45, 7) is 3.97. The monoisotopic (exact) mass is 393 g/mol. The van der Waals surface area contributed by atoms with E-state index >= 15 is 0 Å². The molecule has 1 aromatic heterocycles. The van der Waals surface area contributed by atoms with Gasteiger partial charge in [0.1, 0.15) is 0 Å². The lowest BCUT2D eigenvalue weighted by Crippen LogP contribution is -1.99. The fraction of sp³-hybridized carbons (Fsp3) is 0.375. The molecule has 152 valence electrons. The number of carboxylic acid groups (broad SMARTS) is 1. The molecular weight excluding hydrogens is 366 g/mol. The molecule has 0 aliphatic carbocycles. The van der Waals surface area contributed by atoms with Gasteiger partial charge in [-0.15, -0.1) is 0 Å². The van der Waals surface area contributed by atoms with Crippen molar-refractivity contribution >= 4 is 39.3 Å². The third-order valence-corrected chi connectivity index (χ3v) is 5.45. The van der Waals surface area contributed by atoms with Crippen LogP contribution in [0.3, 0.4) is 0 Å². The van der Waals surface area contributed by atoms with Crippen LogP contribution in [0.4, 0.5) is 0 Å². The van der Waals surface area contributed by atoms with Crippen LogP contribution >= 0.6 is 0 Å². The van der Waals surface area contributed by atoms with Gasteiger partial charge in [0.25, 0.3) is 0 Å². The van der Waals surface area contributed by atoms with Gasteiger partial charge in [0.2, 0.25) is 0 Å². The van der Waals surface area contributed by atoms with Crippen LogP contribution in [0.15, 0.2) is 36.4 Å². The van der Waals surface area contributed by atoms with Crippen LogP contribution in [0.5, 0.6) is 0 Å². The van der Waals surface area contributed by atoms with Gasteiger partial charge in [-0.25, -0.2) is 0 Å². The van der Waals surface area contributed by atoms with E-state index in [-0.39, 0.29) is 18.0 Å². The molecule has 0 unspecified atom stereocenters. The van der Waals surface area contributed by atoms with E-state index in [0.29, 0.717) is 11.1 Å². The van der Waals surface area contributed by atoms with Crippen LogP contribution in [0, 0.1) is 0 Å². The number of benzene rings is 2. The zero-order valence-electron chi connectivity index (χ0n) is 17.0. The minimum absolute atomic E-state index is 0.0249. The van der Waals surface area contributed by atoms with Gasteiger partial charge in [-0.1, -0.05) is 19.3 Å². The molecule has 0 aliphatic heterocycles. The predicted molar refractivity (Wildman–Crippen MR) is 115 cm³/mol. The van der Waals surface area contributed by atoms with Crippen molar-refractivity contribution in [3.05, 3.63) is 47.5 Å². The van der Waals surface area contributed by atoms with Crippen molar-refractivity contribution in [2.24, 2.45) is 0 Å². The number of Topliss-reactive ketones (excluding diaryl/α,β-unsaturated/α-hetero) is 2. The molecule has 3 aromatic rings. The normalized spacial score (nSPS) is 11.2. The molecule has 0 spiro atoms. The largest absolute Gasteiger partial charge is 0.481 e. The Hall–Kier alpha value is -2.95. The lowest BCUT2D eigenvalue weighted by Gasteiger charge is -2.08. The zero-order chi connectivity index (χ0) is 21.0. The Morgan fingerprint density at radius 1 is 0.759 bits per heavy atom. The molecule has 0 fully saturated rings. The van der Waals surface area contributed by atoms with Crippen LogP contribution in [-0.4, -0.2) is 27.2 Å². The van der Waals surface area contributed by atoms with Crippen molar-refractivity contribution in [3.63, 3.8) is 0 Å². The second kappa shape index (κ2) is 9.03. The highest BCUT2D eigenvalue weighted by molar-refractivity contribution is 6.12. The third kappa shape index (κ3) is 4.73. The first-order valence-corrected chi connectivity index (χ1v) is 10.2. The highest BCUT2D eigenvalue weighted by atomic mass is 16.4. The second-order valence-electron chi connectivity index (χ2n) is 7.64. The van der Waals surface area contributed by atoms with E-state index in [1.165, 1.54) is 0 Å². The SMILES string of the molecule is CC(=O)c1ccc2c(c1)c1cc(C(C)=O)ccc1n2CCCCCCCC(=O)O. The average molecular weight is 393 g/mol. The Bertz CT molecular complexity index is 1010. The summed E-state index contributed by atoms with van der Waals surface area (Å²) in [6, 6.07) is 11.5. The van der Waals surface area contributed by atoms with E-state index in [9.17, 15) is 14.4 Å². The molecule has 1 N–H and O–H groups in total. The van der Waals surface area contributed by atoms with Crippen LogP contribution in [0.25, 0.3) is 21.8 Å². The average Bonchev–Trinajstić information content (AvgIpc) is 2.99. The number of hydrogen-bond donors (Lipinski definition) is 1. The third-order valence-electron chi connectivity index (χ3n) is 5.45. The Labute approximate surface area is 170 Å². The number of hydrogen-bond acceptors (Lipinski definition) is 3. The number of ketones is 2. The fourth-order valence-corrected chi connectivity index (χ4v) is 3.86. The van der Waals surface area contributed by atoms with Crippen molar-refractivity contribution in [3.8, 4) is 0 Å². The lowest BCUT2D eigenvalue weighted by atomic mass is 10.0. The molecule has 0 amide bonds. The quantitative estimate of drug-likeness (QED) is 0.358. The molecule has 0 aliphatic rings. The van der Waals surface area contributed by atoms with Gasteiger partial charge >= 0.3 is 5.97 Å². The summed E-state index contributed by atoms with van der Waals surface area (Å²) >= 11 is 0. The van der Waals surface area contributed by atoms with Crippen LogP contribution < -0.4 is 0 Å². The molecule has 5 heteroatoms. The van der Waals surface area contributed by atoms with Crippen molar-refractivity contribution in [2.45, 2.75) is 58.9 Å². The van der Waals surface area contributed by atoms with Gasteiger partial charge in [-0.05, 0) is 63.1 Å². The summed E-state index contributed by atoms with van der Waals surface area (Å²) in [5.41, 5.74) is 3.47. The molecule has 1 heterocycles. The molecule has 3 rings (SSSR count).